The summed E-state index contributed by atoms with van der Waals surface area (Å²) in [6, 6.07) is 17.2. The van der Waals surface area contributed by atoms with Crippen LogP contribution in [0.3, 0.4) is 0 Å². The molecule has 0 fully saturated rings. The number of sulfone groups is 1. The number of benzene rings is 2. The molecule has 0 atom stereocenters. The fraction of sp³-hybridized carbons (Fsp3) is 0.350. The van der Waals surface area contributed by atoms with Crippen LogP contribution in [0.25, 0.3) is 0 Å². The van der Waals surface area contributed by atoms with Crippen molar-refractivity contribution in [2.45, 2.75) is 32.6 Å². The lowest BCUT2D eigenvalue weighted by molar-refractivity contribution is -0.113. The summed E-state index contributed by atoms with van der Waals surface area (Å²) in [5, 5.41) is 2.74. The predicted molar refractivity (Wildman–Crippen MR) is 103 cm³/mol. The number of hydrogen-bond donors (Lipinski definition) is 1. The molecule has 0 spiro atoms. The van der Waals surface area contributed by atoms with Crippen molar-refractivity contribution in [1.82, 2.24) is 0 Å². The van der Waals surface area contributed by atoms with Gasteiger partial charge in [0, 0.05) is 5.69 Å². The fourth-order valence-electron chi connectivity index (χ4n) is 2.71. The van der Waals surface area contributed by atoms with Crippen molar-refractivity contribution >= 4 is 21.4 Å². The van der Waals surface area contributed by atoms with E-state index in [9.17, 15) is 13.2 Å². The van der Waals surface area contributed by atoms with Crippen molar-refractivity contribution in [3.8, 4) is 0 Å². The summed E-state index contributed by atoms with van der Waals surface area (Å²) in [7, 11) is -3.42. The second-order valence-corrected chi connectivity index (χ2v) is 8.66. The second kappa shape index (κ2) is 8.81. The number of carbonyl (C=O) groups is 1. The van der Waals surface area contributed by atoms with E-state index in [-0.39, 0.29) is 11.7 Å². The smallest absolute Gasteiger partial charge is 0.239 e. The molecule has 0 aliphatic carbocycles. The fourth-order valence-corrected chi connectivity index (χ4v) is 3.91. The van der Waals surface area contributed by atoms with Crippen molar-refractivity contribution in [2.75, 3.05) is 16.8 Å². The number of rotatable bonds is 8. The Hall–Kier alpha value is -2.14. The van der Waals surface area contributed by atoms with Gasteiger partial charge in [-0.25, -0.2) is 8.42 Å². The first kappa shape index (κ1) is 19.2. The van der Waals surface area contributed by atoms with E-state index in [1.807, 2.05) is 62.4 Å². The molecule has 0 bridgehead atoms. The maximum absolute atomic E-state index is 12.2. The average Bonchev–Trinajstić information content (AvgIpc) is 2.55. The molecule has 134 valence electrons. The Balaban J connectivity index is 1.88. The molecule has 25 heavy (non-hydrogen) atoms. The average molecular weight is 359 g/mol. The number of aryl methyl sites for hydroxylation is 1. The summed E-state index contributed by atoms with van der Waals surface area (Å²) in [5.41, 5.74) is 2.78. The third-order valence-corrected chi connectivity index (χ3v) is 5.58. The van der Waals surface area contributed by atoms with Gasteiger partial charge in [0.05, 0.1) is 5.75 Å². The van der Waals surface area contributed by atoms with Crippen LogP contribution in [0.1, 0.15) is 37.3 Å². The van der Waals surface area contributed by atoms with Crippen LogP contribution in [0.5, 0.6) is 0 Å². The van der Waals surface area contributed by atoms with Crippen molar-refractivity contribution in [1.29, 1.82) is 0 Å². The zero-order valence-electron chi connectivity index (χ0n) is 14.7. The first-order chi connectivity index (χ1) is 11.9. The molecule has 0 heterocycles. The minimum absolute atomic E-state index is 0.0150. The Labute approximate surface area is 150 Å². The van der Waals surface area contributed by atoms with E-state index in [4.69, 9.17) is 0 Å². The van der Waals surface area contributed by atoms with Gasteiger partial charge in [-0.05, 0) is 36.0 Å². The van der Waals surface area contributed by atoms with Crippen LogP contribution in [-0.2, 0) is 21.1 Å². The molecule has 5 heteroatoms. The van der Waals surface area contributed by atoms with Crippen LogP contribution < -0.4 is 5.32 Å². The summed E-state index contributed by atoms with van der Waals surface area (Å²) >= 11 is 0. The number of hydrogen-bond acceptors (Lipinski definition) is 3. The van der Waals surface area contributed by atoms with Gasteiger partial charge in [-0.2, -0.15) is 0 Å². The minimum atomic E-state index is -3.42. The summed E-state index contributed by atoms with van der Waals surface area (Å²) in [5.74, 6) is -0.693. The van der Waals surface area contributed by atoms with Gasteiger partial charge in [-0.1, -0.05) is 62.4 Å². The van der Waals surface area contributed by atoms with Crippen molar-refractivity contribution in [3.63, 3.8) is 0 Å². The van der Waals surface area contributed by atoms with E-state index in [2.05, 4.69) is 5.32 Å². The Morgan fingerprint density at radius 2 is 1.64 bits per heavy atom. The Morgan fingerprint density at radius 3 is 2.32 bits per heavy atom. The minimum Gasteiger partial charge on any atom is -0.325 e. The van der Waals surface area contributed by atoms with Crippen LogP contribution in [0, 0.1) is 0 Å². The summed E-state index contributed by atoms with van der Waals surface area (Å²) in [4.78, 5) is 12.1. The topological polar surface area (TPSA) is 63.2 Å². The zero-order valence-corrected chi connectivity index (χ0v) is 15.6. The zero-order chi connectivity index (χ0) is 18.3. The highest BCUT2D eigenvalue weighted by Gasteiger charge is 2.18. The van der Waals surface area contributed by atoms with Crippen LogP contribution in [0.15, 0.2) is 54.6 Å². The van der Waals surface area contributed by atoms with E-state index in [1.165, 1.54) is 0 Å². The highest BCUT2D eigenvalue weighted by Crippen LogP contribution is 2.23. The van der Waals surface area contributed by atoms with E-state index >= 15 is 0 Å². The molecule has 0 unspecified atom stereocenters. The van der Waals surface area contributed by atoms with Gasteiger partial charge >= 0.3 is 0 Å². The lowest BCUT2D eigenvalue weighted by Gasteiger charge is -2.13. The molecule has 0 aliphatic heterocycles. The molecule has 1 amide bonds. The monoisotopic (exact) mass is 359 g/mol. The van der Waals surface area contributed by atoms with Gasteiger partial charge in [0.15, 0.2) is 9.84 Å². The predicted octanol–water partition coefficient (Wildman–Crippen LogP) is 3.80. The van der Waals surface area contributed by atoms with Crippen LogP contribution in [-0.4, -0.2) is 25.8 Å². The summed E-state index contributed by atoms with van der Waals surface area (Å²) in [6.45, 7) is 4.07. The number of amides is 1. The molecule has 2 aromatic carbocycles. The second-order valence-electron chi connectivity index (χ2n) is 6.47. The SMILES string of the molecule is CC(C)c1ccccc1NC(=O)CS(=O)(=O)CCCc1ccccc1. The van der Waals surface area contributed by atoms with Gasteiger partial charge < -0.3 is 5.32 Å². The summed E-state index contributed by atoms with van der Waals surface area (Å²) in [6.07, 6.45) is 1.21. The van der Waals surface area contributed by atoms with Crippen LogP contribution >= 0.6 is 0 Å². The quantitative estimate of drug-likeness (QED) is 0.780. The number of para-hydroxylation sites is 1. The van der Waals surface area contributed by atoms with Crippen molar-refractivity contribution < 1.29 is 13.2 Å². The third-order valence-electron chi connectivity index (χ3n) is 3.97. The molecule has 0 aliphatic rings. The number of carbonyl (C=O) groups excluding carboxylic acids is 1. The van der Waals surface area contributed by atoms with Gasteiger partial charge in [0.2, 0.25) is 5.91 Å². The van der Waals surface area contributed by atoms with Gasteiger partial charge in [-0.3, -0.25) is 4.79 Å². The first-order valence-corrected chi connectivity index (χ1v) is 10.3. The molecular formula is C20H25NO3S. The molecule has 0 radical (unpaired) electrons. The van der Waals surface area contributed by atoms with Gasteiger partial charge in [0.1, 0.15) is 5.75 Å². The molecular weight excluding hydrogens is 334 g/mol. The van der Waals surface area contributed by atoms with Crippen molar-refractivity contribution in [3.05, 3.63) is 65.7 Å². The lowest BCUT2D eigenvalue weighted by Crippen LogP contribution is -2.25. The highest BCUT2D eigenvalue weighted by atomic mass is 32.2. The normalized spacial score (nSPS) is 11.5. The highest BCUT2D eigenvalue weighted by molar-refractivity contribution is 7.92. The Bertz CT molecular complexity index is 799. The molecule has 4 nitrogen and oxygen atoms in total. The lowest BCUT2D eigenvalue weighted by atomic mass is 10.0. The molecule has 0 saturated heterocycles. The standard InChI is InChI=1S/C20H25NO3S/c1-16(2)18-12-6-7-13-19(18)21-20(22)15-25(23,24)14-8-11-17-9-4-3-5-10-17/h3-7,9-10,12-13,16H,8,11,14-15H2,1-2H3,(H,21,22). The van der Waals surface area contributed by atoms with Gasteiger partial charge in [-0.15, -0.1) is 0 Å². The van der Waals surface area contributed by atoms with Crippen molar-refractivity contribution in [2.24, 2.45) is 0 Å². The Morgan fingerprint density at radius 1 is 1.00 bits per heavy atom. The first-order valence-electron chi connectivity index (χ1n) is 8.50. The van der Waals surface area contributed by atoms with Crippen LogP contribution in [0.4, 0.5) is 5.69 Å². The van der Waals surface area contributed by atoms with Gasteiger partial charge in [0.25, 0.3) is 0 Å². The van der Waals surface area contributed by atoms with E-state index in [0.29, 0.717) is 18.5 Å². The maximum atomic E-state index is 12.2. The third kappa shape index (κ3) is 6.35. The molecule has 2 aromatic rings. The van der Waals surface area contributed by atoms with Crippen LogP contribution in [0.2, 0.25) is 0 Å². The number of nitrogens with one attached hydrogen (secondary N) is 1. The molecule has 0 aromatic heterocycles. The Kier molecular flexibility index (Phi) is 6.76. The van der Waals surface area contributed by atoms with E-state index < -0.39 is 21.5 Å². The van der Waals surface area contributed by atoms with E-state index in [0.717, 1.165) is 11.1 Å². The molecule has 1 N–H and O–H groups in total. The number of anilines is 1. The summed E-state index contributed by atoms with van der Waals surface area (Å²) < 4.78 is 24.4. The maximum Gasteiger partial charge on any atom is 0.239 e. The largest absolute Gasteiger partial charge is 0.325 e. The molecule has 0 saturated carbocycles. The molecule has 2 rings (SSSR count). The van der Waals surface area contributed by atoms with E-state index in [1.54, 1.807) is 6.07 Å².